The molecular weight excluding hydrogens is 278 g/mol. The molecule has 0 saturated carbocycles. The minimum Gasteiger partial charge on any atom is -0.493 e. The Morgan fingerprint density at radius 1 is 1.14 bits per heavy atom. The lowest BCUT2D eigenvalue weighted by molar-refractivity contribution is -0.0974. The van der Waals surface area contributed by atoms with E-state index in [-0.39, 0.29) is 6.29 Å². The van der Waals surface area contributed by atoms with Gasteiger partial charge in [0.2, 0.25) is 0 Å². The Hall–Kier alpha value is -1.10. The topological polar surface area (TPSA) is 30.9 Å². The summed E-state index contributed by atoms with van der Waals surface area (Å²) < 4.78 is 17.1. The van der Waals surface area contributed by atoms with Gasteiger partial charge in [0.1, 0.15) is 5.75 Å². The van der Waals surface area contributed by atoms with Crippen LogP contribution in [0.1, 0.15) is 24.8 Å². The van der Waals surface area contributed by atoms with Crippen molar-refractivity contribution in [1.29, 1.82) is 0 Å². The Balaban J connectivity index is 1.31. The van der Waals surface area contributed by atoms with E-state index in [1.54, 1.807) is 0 Å². The van der Waals surface area contributed by atoms with Crippen LogP contribution in [0.5, 0.6) is 5.75 Å². The van der Waals surface area contributed by atoms with Crippen molar-refractivity contribution in [2.24, 2.45) is 5.92 Å². The normalized spacial score (nSPS) is 21.3. The summed E-state index contributed by atoms with van der Waals surface area (Å²) >= 11 is 0. The standard InChI is InChI=1S/C18H27NO3/c1-15-5-2-3-6-17(15)20-12-4-9-19-10-7-16(8-11-19)18-21-13-14-22-18/h2-3,5-6,16,18H,4,7-14H2,1H3. The van der Waals surface area contributed by atoms with Gasteiger partial charge in [0.25, 0.3) is 0 Å². The second-order valence-corrected chi connectivity index (χ2v) is 6.26. The fourth-order valence-corrected chi connectivity index (χ4v) is 3.29. The van der Waals surface area contributed by atoms with E-state index >= 15 is 0 Å². The molecule has 0 aliphatic carbocycles. The molecule has 4 heteroatoms. The van der Waals surface area contributed by atoms with E-state index in [2.05, 4.69) is 17.9 Å². The first-order chi connectivity index (χ1) is 10.8. The van der Waals surface area contributed by atoms with Crippen LogP contribution in [0, 0.1) is 12.8 Å². The lowest BCUT2D eigenvalue weighted by Crippen LogP contribution is -2.38. The van der Waals surface area contributed by atoms with Gasteiger partial charge < -0.3 is 19.1 Å². The van der Waals surface area contributed by atoms with Crippen molar-refractivity contribution in [3.63, 3.8) is 0 Å². The fourth-order valence-electron chi connectivity index (χ4n) is 3.29. The van der Waals surface area contributed by atoms with Crippen molar-refractivity contribution in [3.8, 4) is 5.75 Å². The van der Waals surface area contributed by atoms with E-state index < -0.39 is 0 Å². The van der Waals surface area contributed by atoms with Gasteiger partial charge in [-0.2, -0.15) is 0 Å². The number of aryl methyl sites for hydroxylation is 1. The molecule has 2 heterocycles. The molecule has 1 aromatic carbocycles. The predicted octanol–water partition coefficient (Wildman–Crippen LogP) is 2.85. The lowest BCUT2D eigenvalue weighted by Gasteiger charge is -2.33. The summed E-state index contributed by atoms with van der Waals surface area (Å²) in [5.74, 6) is 1.60. The first-order valence-corrected chi connectivity index (χ1v) is 8.47. The van der Waals surface area contributed by atoms with Gasteiger partial charge in [-0.1, -0.05) is 18.2 Å². The SMILES string of the molecule is Cc1ccccc1OCCCN1CCC(C2OCCO2)CC1. The summed E-state index contributed by atoms with van der Waals surface area (Å²) in [6, 6.07) is 8.21. The third kappa shape index (κ3) is 4.22. The van der Waals surface area contributed by atoms with E-state index in [9.17, 15) is 0 Å². The maximum Gasteiger partial charge on any atom is 0.160 e. The highest BCUT2D eigenvalue weighted by Crippen LogP contribution is 2.25. The molecule has 4 nitrogen and oxygen atoms in total. The minimum atomic E-state index is 0.0616. The Kier molecular flexibility index (Phi) is 5.70. The highest BCUT2D eigenvalue weighted by Gasteiger charge is 2.30. The average molecular weight is 305 g/mol. The van der Waals surface area contributed by atoms with E-state index in [1.165, 1.54) is 18.4 Å². The van der Waals surface area contributed by atoms with Crippen molar-refractivity contribution >= 4 is 0 Å². The zero-order chi connectivity index (χ0) is 15.2. The van der Waals surface area contributed by atoms with Crippen LogP contribution in [0.2, 0.25) is 0 Å². The van der Waals surface area contributed by atoms with E-state index in [0.717, 1.165) is 51.6 Å². The van der Waals surface area contributed by atoms with Gasteiger partial charge in [0.05, 0.1) is 19.8 Å². The third-order valence-corrected chi connectivity index (χ3v) is 4.63. The van der Waals surface area contributed by atoms with Gasteiger partial charge in [0.15, 0.2) is 6.29 Å². The van der Waals surface area contributed by atoms with Gasteiger partial charge in [-0.05, 0) is 50.9 Å². The van der Waals surface area contributed by atoms with Crippen LogP contribution in [0.3, 0.4) is 0 Å². The molecule has 0 amide bonds. The number of rotatable bonds is 6. The molecule has 122 valence electrons. The zero-order valence-electron chi connectivity index (χ0n) is 13.5. The van der Waals surface area contributed by atoms with Crippen LogP contribution in [0.4, 0.5) is 0 Å². The zero-order valence-corrected chi connectivity index (χ0v) is 13.5. The number of hydrogen-bond acceptors (Lipinski definition) is 4. The quantitative estimate of drug-likeness (QED) is 0.756. The number of ether oxygens (including phenoxy) is 3. The van der Waals surface area contributed by atoms with Crippen molar-refractivity contribution in [2.45, 2.75) is 32.5 Å². The number of likely N-dealkylation sites (tertiary alicyclic amines) is 1. The highest BCUT2D eigenvalue weighted by molar-refractivity contribution is 5.31. The monoisotopic (exact) mass is 305 g/mol. The summed E-state index contributed by atoms with van der Waals surface area (Å²) in [5.41, 5.74) is 1.21. The maximum absolute atomic E-state index is 5.86. The first-order valence-electron chi connectivity index (χ1n) is 8.47. The van der Waals surface area contributed by atoms with Gasteiger partial charge in [-0.15, -0.1) is 0 Å². The second kappa shape index (κ2) is 7.95. The molecule has 0 unspecified atom stereocenters. The molecule has 22 heavy (non-hydrogen) atoms. The Morgan fingerprint density at radius 2 is 1.86 bits per heavy atom. The van der Waals surface area contributed by atoms with Gasteiger partial charge >= 0.3 is 0 Å². The fraction of sp³-hybridized carbons (Fsp3) is 0.667. The van der Waals surface area contributed by atoms with Crippen molar-refractivity contribution in [3.05, 3.63) is 29.8 Å². The van der Waals surface area contributed by atoms with Gasteiger partial charge in [-0.25, -0.2) is 0 Å². The predicted molar refractivity (Wildman–Crippen MR) is 86.1 cm³/mol. The molecule has 2 aliphatic rings. The van der Waals surface area contributed by atoms with E-state index in [4.69, 9.17) is 14.2 Å². The molecule has 2 saturated heterocycles. The molecule has 1 aromatic rings. The summed E-state index contributed by atoms with van der Waals surface area (Å²) in [6.07, 6.45) is 3.51. The Labute approximate surface area is 133 Å². The largest absolute Gasteiger partial charge is 0.493 e. The molecule has 0 radical (unpaired) electrons. The number of nitrogens with zero attached hydrogens (tertiary/aromatic N) is 1. The highest BCUT2D eigenvalue weighted by atomic mass is 16.7. The number of para-hydroxylation sites is 1. The van der Waals surface area contributed by atoms with E-state index in [1.807, 2.05) is 18.2 Å². The van der Waals surface area contributed by atoms with Crippen LogP contribution in [-0.4, -0.2) is 50.6 Å². The van der Waals surface area contributed by atoms with Crippen LogP contribution >= 0.6 is 0 Å². The number of piperidine rings is 1. The molecule has 2 fully saturated rings. The van der Waals surface area contributed by atoms with Crippen molar-refractivity contribution in [1.82, 2.24) is 4.90 Å². The molecule has 0 spiro atoms. The first kappa shape index (κ1) is 15.8. The Bertz CT molecular complexity index is 451. The smallest absolute Gasteiger partial charge is 0.160 e. The average Bonchev–Trinajstić information content (AvgIpc) is 3.08. The van der Waals surface area contributed by atoms with Crippen LogP contribution < -0.4 is 4.74 Å². The second-order valence-electron chi connectivity index (χ2n) is 6.26. The molecule has 0 atom stereocenters. The van der Waals surface area contributed by atoms with Crippen LogP contribution in [0.25, 0.3) is 0 Å². The maximum atomic E-state index is 5.86. The number of hydrogen-bond donors (Lipinski definition) is 0. The molecule has 0 aromatic heterocycles. The molecular formula is C18H27NO3. The molecule has 2 aliphatic heterocycles. The summed E-state index contributed by atoms with van der Waals surface area (Å²) in [7, 11) is 0. The van der Waals surface area contributed by atoms with Gasteiger partial charge in [0, 0.05) is 12.5 Å². The summed E-state index contributed by atoms with van der Waals surface area (Å²) in [6.45, 7) is 7.83. The molecule has 0 bridgehead atoms. The summed E-state index contributed by atoms with van der Waals surface area (Å²) in [4.78, 5) is 2.53. The van der Waals surface area contributed by atoms with E-state index in [0.29, 0.717) is 5.92 Å². The van der Waals surface area contributed by atoms with Crippen LogP contribution in [-0.2, 0) is 9.47 Å². The van der Waals surface area contributed by atoms with Crippen molar-refractivity contribution < 1.29 is 14.2 Å². The molecule has 3 rings (SSSR count). The number of benzene rings is 1. The van der Waals surface area contributed by atoms with Gasteiger partial charge in [-0.3, -0.25) is 0 Å². The minimum absolute atomic E-state index is 0.0616. The van der Waals surface area contributed by atoms with Crippen LogP contribution in [0.15, 0.2) is 24.3 Å². The third-order valence-electron chi connectivity index (χ3n) is 4.63. The lowest BCUT2D eigenvalue weighted by atomic mass is 9.96. The Morgan fingerprint density at radius 3 is 2.59 bits per heavy atom. The molecule has 0 N–H and O–H groups in total. The van der Waals surface area contributed by atoms with Crippen molar-refractivity contribution in [2.75, 3.05) is 39.5 Å². The summed E-state index contributed by atoms with van der Waals surface area (Å²) in [5, 5.41) is 0.